The Morgan fingerprint density at radius 2 is 1.89 bits per heavy atom. The van der Waals surface area contributed by atoms with E-state index in [0.29, 0.717) is 35.1 Å². The molecule has 1 N–H and O–H groups in total. The van der Waals surface area contributed by atoms with Crippen LogP contribution in [0.2, 0.25) is 0 Å². The molecule has 11 heteroatoms. The van der Waals surface area contributed by atoms with E-state index in [4.69, 9.17) is 14.2 Å². The Kier molecular flexibility index (Phi) is 8.67. The molecule has 1 saturated heterocycles. The number of hydrogen-bond donors (Lipinski definition) is 1. The maximum Gasteiger partial charge on any atom is 0.178 e. The molecule has 0 bridgehead atoms. The van der Waals surface area contributed by atoms with Gasteiger partial charge in [0.2, 0.25) is 0 Å². The summed E-state index contributed by atoms with van der Waals surface area (Å²) in [5, 5.41) is 4.07. The highest BCUT2D eigenvalue weighted by Gasteiger charge is 2.18. The molecule has 0 unspecified atom stereocenters. The summed E-state index contributed by atoms with van der Waals surface area (Å²) in [7, 11) is 2.04. The van der Waals surface area contributed by atoms with Crippen molar-refractivity contribution < 1.29 is 22.6 Å². The summed E-state index contributed by atoms with van der Waals surface area (Å²) in [6.07, 6.45) is 2.34. The number of methoxy groups -OCH3 is 1. The van der Waals surface area contributed by atoms with Gasteiger partial charge in [0.05, 0.1) is 54.5 Å². The maximum atomic E-state index is 12.5. The van der Waals surface area contributed by atoms with Crippen LogP contribution >= 0.6 is 0 Å². The van der Waals surface area contributed by atoms with Crippen LogP contribution in [0.4, 0.5) is 17.2 Å². The van der Waals surface area contributed by atoms with Crippen LogP contribution in [0.15, 0.2) is 41.6 Å². The van der Waals surface area contributed by atoms with Crippen LogP contribution in [-0.4, -0.2) is 89.7 Å². The van der Waals surface area contributed by atoms with Crippen molar-refractivity contribution in [3.05, 3.63) is 36.7 Å². The van der Waals surface area contributed by atoms with Gasteiger partial charge >= 0.3 is 0 Å². The summed E-state index contributed by atoms with van der Waals surface area (Å²) >= 11 is 0. The molecule has 1 aromatic heterocycles. The number of anilines is 3. The van der Waals surface area contributed by atoms with E-state index in [0.717, 1.165) is 50.3 Å². The molecular formula is C26H35N5O5S. The Labute approximate surface area is 218 Å². The minimum absolute atomic E-state index is 0.0240. The fourth-order valence-corrected chi connectivity index (χ4v) is 5.13. The van der Waals surface area contributed by atoms with E-state index < -0.39 is 9.84 Å². The first-order chi connectivity index (χ1) is 17.8. The molecule has 10 nitrogen and oxygen atoms in total. The highest BCUT2D eigenvalue weighted by molar-refractivity contribution is 7.91. The number of sulfone groups is 1. The van der Waals surface area contributed by atoms with Crippen LogP contribution in [0.5, 0.6) is 11.5 Å². The van der Waals surface area contributed by atoms with E-state index in [1.165, 1.54) is 6.33 Å². The Bertz CT molecular complexity index is 1330. The van der Waals surface area contributed by atoms with Crippen molar-refractivity contribution in [3.8, 4) is 11.5 Å². The van der Waals surface area contributed by atoms with Crippen LogP contribution in [0, 0.1) is 0 Å². The average molecular weight is 530 g/mol. The van der Waals surface area contributed by atoms with E-state index in [1.807, 2.05) is 31.1 Å². The molecule has 0 aliphatic carbocycles. The quantitative estimate of drug-likeness (QED) is 0.372. The fourth-order valence-electron chi connectivity index (χ4n) is 4.22. The molecule has 0 radical (unpaired) electrons. The van der Waals surface area contributed by atoms with Crippen LogP contribution in [0.3, 0.4) is 0 Å². The van der Waals surface area contributed by atoms with Gasteiger partial charge in [0.15, 0.2) is 21.3 Å². The third-order valence-electron chi connectivity index (χ3n) is 6.34. The number of morpholine rings is 1. The third kappa shape index (κ3) is 6.41. The topological polar surface area (TPSA) is 106 Å². The minimum Gasteiger partial charge on any atom is -0.493 e. The smallest absolute Gasteiger partial charge is 0.178 e. The zero-order valence-electron chi connectivity index (χ0n) is 21.9. The molecule has 0 spiro atoms. The van der Waals surface area contributed by atoms with Crippen LogP contribution in [0.25, 0.3) is 10.9 Å². The number of nitrogens with zero attached hydrogens (tertiary/aromatic N) is 4. The number of hydrogen-bond acceptors (Lipinski definition) is 10. The van der Waals surface area contributed by atoms with Gasteiger partial charge in [-0.2, -0.15) is 0 Å². The zero-order chi connectivity index (χ0) is 26.4. The number of fused-ring (bicyclic) bond motifs is 1. The molecular weight excluding hydrogens is 494 g/mol. The van der Waals surface area contributed by atoms with Gasteiger partial charge in [0.25, 0.3) is 0 Å². The van der Waals surface area contributed by atoms with E-state index >= 15 is 0 Å². The van der Waals surface area contributed by atoms with Crippen LogP contribution < -0.4 is 19.7 Å². The molecule has 2 heterocycles. The van der Waals surface area contributed by atoms with Crippen LogP contribution in [0.1, 0.15) is 13.3 Å². The lowest BCUT2D eigenvalue weighted by atomic mass is 10.2. The normalized spacial score (nSPS) is 14.5. The summed E-state index contributed by atoms with van der Waals surface area (Å²) in [5.74, 6) is 1.76. The Morgan fingerprint density at radius 1 is 1.11 bits per heavy atom. The second-order valence-corrected chi connectivity index (χ2v) is 11.3. The van der Waals surface area contributed by atoms with E-state index in [9.17, 15) is 8.42 Å². The zero-order valence-corrected chi connectivity index (χ0v) is 22.7. The molecule has 0 saturated carbocycles. The molecule has 4 rings (SSSR count). The molecule has 200 valence electrons. The highest BCUT2D eigenvalue weighted by Crippen LogP contribution is 2.37. The maximum absolute atomic E-state index is 12.5. The predicted molar refractivity (Wildman–Crippen MR) is 145 cm³/mol. The van der Waals surface area contributed by atoms with Crippen molar-refractivity contribution in [1.29, 1.82) is 0 Å². The highest BCUT2D eigenvalue weighted by atomic mass is 32.2. The second-order valence-electron chi connectivity index (χ2n) is 9.00. The van der Waals surface area contributed by atoms with Gasteiger partial charge in [-0.1, -0.05) is 6.92 Å². The molecule has 1 aliphatic rings. The minimum atomic E-state index is -3.37. The van der Waals surface area contributed by atoms with Crippen molar-refractivity contribution in [1.82, 2.24) is 14.9 Å². The van der Waals surface area contributed by atoms with Gasteiger partial charge in [-0.15, -0.1) is 0 Å². The lowest BCUT2D eigenvalue weighted by molar-refractivity contribution is 0.0357. The van der Waals surface area contributed by atoms with Crippen molar-refractivity contribution in [2.24, 2.45) is 0 Å². The molecule has 0 amide bonds. The first-order valence-electron chi connectivity index (χ1n) is 12.4. The van der Waals surface area contributed by atoms with Gasteiger partial charge in [0.1, 0.15) is 12.1 Å². The Hall–Kier alpha value is -3.15. The van der Waals surface area contributed by atoms with Gasteiger partial charge in [-0.05, 0) is 30.7 Å². The summed E-state index contributed by atoms with van der Waals surface area (Å²) < 4.78 is 42.2. The Morgan fingerprint density at radius 3 is 2.59 bits per heavy atom. The second kappa shape index (κ2) is 11.9. The number of aromatic nitrogens is 2. The van der Waals surface area contributed by atoms with Gasteiger partial charge < -0.3 is 24.4 Å². The molecule has 37 heavy (non-hydrogen) atoms. The standard InChI is InChI=1S/C26H35N5O5S/c1-5-37(32,33)19-7-8-23(30(2)3)22(15-19)29-26-20-16-25(24(34-4)17-21(20)27-18-28-26)36-12-6-9-31-10-13-35-14-11-31/h7-8,15-18H,5-6,9-14H2,1-4H3,(H,27,28,29). The lowest BCUT2D eigenvalue weighted by Crippen LogP contribution is -2.37. The molecule has 0 atom stereocenters. The monoisotopic (exact) mass is 529 g/mol. The lowest BCUT2D eigenvalue weighted by Gasteiger charge is -2.26. The van der Waals surface area contributed by atoms with Crippen molar-refractivity contribution in [3.63, 3.8) is 0 Å². The van der Waals surface area contributed by atoms with Crippen molar-refractivity contribution >= 4 is 37.9 Å². The number of nitrogens with one attached hydrogen (secondary N) is 1. The fraction of sp³-hybridized carbons (Fsp3) is 0.462. The molecule has 1 aliphatic heterocycles. The summed E-state index contributed by atoms with van der Waals surface area (Å²) in [6.45, 7) is 6.56. The SMILES string of the molecule is CCS(=O)(=O)c1ccc(N(C)C)c(Nc2ncnc3cc(OC)c(OCCCN4CCOCC4)cc23)c1. The first-order valence-corrected chi connectivity index (χ1v) is 14.0. The summed E-state index contributed by atoms with van der Waals surface area (Å²) in [6, 6.07) is 8.76. The summed E-state index contributed by atoms with van der Waals surface area (Å²) in [4.78, 5) is 13.4. The summed E-state index contributed by atoms with van der Waals surface area (Å²) in [5.41, 5.74) is 2.14. The van der Waals surface area contributed by atoms with Gasteiger partial charge in [-0.3, -0.25) is 4.90 Å². The van der Waals surface area contributed by atoms with E-state index in [2.05, 4.69) is 20.2 Å². The number of ether oxygens (including phenoxy) is 3. The van der Waals surface area contributed by atoms with Crippen LogP contribution in [-0.2, 0) is 14.6 Å². The predicted octanol–water partition coefficient (Wildman–Crippen LogP) is 3.34. The van der Waals surface area contributed by atoms with Crippen molar-refractivity contribution in [2.45, 2.75) is 18.2 Å². The molecule has 2 aromatic carbocycles. The number of benzene rings is 2. The van der Waals surface area contributed by atoms with E-state index in [1.54, 1.807) is 32.2 Å². The first kappa shape index (κ1) is 26.9. The van der Waals surface area contributed by atoms with Gasteiger partial charge in [0, 0.05) is 45.2 Å². The molecule has 3 aromatic rings. The third-order valence-corrected chi connectivity index (χ3v) is 8.07. The average Bonchev–Trinajstić information content (AvgIpc) is 2.91. The van der Waals surface area contributed by atoms with Gasteiger partial charge in [-0.25, -0.2) is 18.4 Å². The van der Waals surface area contributed by atoms with E-state index in [-0.39, 0.29) is 10.6 Å². The largest absolute Gasteiger partial charge is 0.493 e. The Balaban J connectivity index is 1.61. The molecule has 1 fully saturated rings. The number of rotatable bonds is 11. The van der Waals surface area contributed by atoms with Crippen molar-refractivity contribution in [2.75, 3.05) is 76.6 Å².